The highest BCUT2D eigenvalue weighted by Gasteiger charge is 2.20. The number of esters is 2. The van der Waals surface area contributed by atoms with Gasteiger partial charge in [0.2, 0.25) is 0 Å². The van der Waals surface area contributed by atoms with Crippen LogP contribution in [-0.4, -0.2) is 37.0 Å². The monoisotopic (exact) mass is 356 g/mol. The number of hydrogen-bond donors (Lipinski definition) is 1. The molecule has 0 saturated heterocycles. The number of methoxy groups -OCH3 is 2. The predicted molar refractivity (Wildman–Crippen MR) is 94.7 cm³/mol. The summed E-state index contributed by atoms with van der Waals surface area (Å²) >= 11 is 0. The molecule has 0 aliphatic heterocycles. The Labute approximate surface area is 151 Å². The Kier molecular flexibility index (Phi) is 5.77. The van der Waals surface area contributed by atoms with Crippen molar-refractivity contribution < 1.29 is 29.0 Å². The Morgan fingerprint density at radius 3 is 1.81 bits per heavy atom. The molecule has 0 heterocycles. The first-order valence-corrected chi connectivity index (χ1v) is 7.97. The largest absolute Gasteiger partial charge is 0.507 e. The average Bonchev–Trinajstić information content (AvgIpc) is 2.65. The lowest BCUT2D eigenvalue weighted by atomic mass is 9.94. The molecule has 0 aliphatic carbocycles. The van der Waals surface area contributed by atoms with Gasteiger partial charge in [-0.25, -0.2) is 9.59 Å². The van der Waals surface area contributed by atoms with Gasteiger partial charge in [-0.3, -0.25) is 4.79 Å². The lowest BCUT2D eigenvalue weighted by molar-refractivity contribution is 0.0599. The fourth-order valence-electron chi connectivity index (χ4n) is 2.48. The van der Waals surface area contributed by atoms with Crippen LogP contribution in [0.2, 0.25) is 0 Å². The summed E-state index contributed by atoms with van der Waals surface area (Å²) in [5.74, 6) is -1.91. The third kappa shape index (κ3) is 3.91. The van der Waals surface area contributed by atoms with Crippen molar-refractivity contribution in [3.05, 3.63) is 64.2 Å². The zero-order valence-electron chi connectivity index (χ0n) is 15.0. The van der Waals surface area contributed by atoms with Crippen LogP contribution in [0.15, 0.2) is 36.4 Å². The number of benzene rings is 2. The molecule has 0 saturated carbocycles. The molecule has 2 aromatic rings. The average molecular weight is 356 g/mol. The Morgan fingerprint density at radius 2 is 1.35 bits per heavy atom. The summed E-state index contributed by atoms with van der Waals surface area (Å²) in [7, 11) is 2.40. The number of carbonyl (C=O) groups excluding carboxylic acids is 3. The maximum Gasteiger partial charge on any atom is 0.337 e. The lowest BCUT2D eigenvalue weighted by Crippen LogP contribution is -2.11. The number of carbonyl (C=O) groups is 3. The van der Waals surface area contributed by atoms with Gasteiger partial charge < -0.3 is 14.6 Å². The molecule has 0 spiro atoms. The number of ether oxygens (including phenoxy) is 2. The van der Waals surface area contributed by atoms with E-state index in [0.29, 0.717) is 0 Å². The van der Waals surface area contributed by atoms with Gasteiger partial charge >= 0.3 is 11.9 Å². The van der Waals surface area contributed by atoms with Gasteiger partial charge in [0.05, 0.1) is 30.9 Å². The summed E-state index contributed by atoms with van der Waals surface area (Å²) in [4.78, 5) is 36.6. The minimum absolute atomic E-state index is 0.0400. The molecule has 0 aliphatic rings. The standard InChI is InChI=1S/C20H20O6/c1-11(2)12-5-6-17(21)16(10-12)18(22)13-7-14(19(23)25-3)9-15(8-13)20(24)26-4/h5-11,21H,1-4H3. The van der Waals surface area contributed by atoms with Gasteiger partial charge in [0.25, 0.3) is 0 Å². The van der Waals surface area contributed by atoms with Crippen LogP contribution >= 0.6 is 0 Å². The Hall–Kier alpha value is -3.15. The number of rotatable bonds is 5. The van der Waals surface area contributed by atoms with Crippen LogP contribution in [0.25, 0.3) is 0 Å². The molecule has 2 aromatic carbocycles. The lowest BCUT2D eigenvalue weighted by Gasteiger charge is -2.11. The second kappa shape index (κ2) is 7.82. The number of phenolic OH excluding ortho intramolecular Hbond substituents is 1. The van der Waals surface area contributed by atoms with Crippen molar-refractivity contribution >= 4 is 17.7 Å². The fourth-order valence-corrected chi connectivity index (χ4v) is 2.48. The van der Waals surface area contributed by atoms with E-state index in [0.717, 1.165) is 5.56 Å². The first kappa shape index (κ1) is 19.2. The molecule has 0 fully saturated rings. The van der Waals surface area contributed by atoms with Gasteiger partial charge in [0, 0.05) is 5.56 Å². The van der Waals surface area contributed by atoms with Crippen LogP contribution in [0.3, 0.4) is 0 Å². The molecule has 1 N–H and O–H groups in total. The number of ketones is 1. The summed E-state index contributed by atoms with van der Waals surface area (Å²) in [6.45, 7) is 3.93. The highest BCUT2D eigenvalue weighted by atomic mass is 16.5. The van der Waals surface area contributed by atoms with E-state index in [1.165, 1.54) is 38.5 Å². The zero-order valence-corrected chi connectivity index (χ0v) is 15.0. The normalized spacial score (nSPS) is 10.5. The van der Waals surface area contributed by atoms with Gasteiger partial charge in [0.15, 0.2) is 5.78 Å². The summed E-state index contributed by atoms with van der Waals surface area (Å²) in [6.07, 6.45) is 0. The molecule has 26 heavy (non-hydrogen) atoms. The topological polar surface area (TPSA) is 89.9 Å². The smallest absolute Gasteiger partial charge is 0.337 e. The summed E-state index contributed by atoms with van der Waals surface area (Å²) in [5, 5.41) is 10.1. The molecular formula is C20H20O6. The molecule has 6 heteroatoms. The van der Waals surface area contributed by atoms with Crippen LogP contribution in [0.5, 0.6) is 5.75 Å². The molecule has 2 rings (SSSR count). The summed E-state index contributed by atoms with van der Waals surface area (Å²) < 4.78 is 9.34. The highest BCUT2D eigenvalue weighted by molar-refractivity contribution is 6.12. The van der Waals surface area contributed by atoms with Gasteiger partial charge in [-0.2, -0.15) is 0 Å². The van der Waals surface area contributed by atoms with Crippen LogP contribution in [-0.2, 0) is 9.47 Å². The van der Waals surface area contributed by atoms with Gasteiger partial charge in [-0.05, 0) is 41.8 Å². The number of phenols is 1. The van der Waals surface area contributed by atoms with Gasteiger partial charge in [0.1, 0.15) is 5.75 Å². The van der Waals surface area contributed by atoms with Crippen molar-refractivity contribution in [2.45, 2.75) is 19.8 Å². The minimum atomic E-state index is -0.690. The maximum absolute atomic E-state index is 12.9. The van der Waals surface area contributed by atoms with E-state index in [1.807, 2.05) is 13.8 Å². The van der Waals surface area contributed by atoms with Crippen LogP contribution in [0.4, 0.5) is 0 Å². The van der Waals surface area contributed by atoms with Crippen LogP contribution < -0.4 is 0 Å². The van der Waals surface area contributed by atoms with Gasteiger partial charge in [-0.1, -0.05) is 19.9 Å². The van der Waals surface area contributed by atoms with E-state index in [4.69, 9.17) is 0 Å². The van der Waals surface area contributed by atoms with Gasteiger partial charge in [-0.15, -0.1) is 0 Å². The first-order chi connectivity index (χ1) is 12.3. The Morgan fingerprint density at radius 1 is 0.846 bits per heavy atom. The van der Waals surface area contributed by atoms with Crippen molar-refractivity contribution in [3.8, 4) is 5.75 Å². The molecule has 0 bridgehead atoms. The molecule has 0 atom stereocenters. The zero-order chi connectivity index (χ0) is 19.4. The fraction of sp³-hybridized carbons (Fsp3) is 0.250. The Balaban J connectivity index is 2.60. The second-order valence-electron chi connectivity index (χ2n) is 6.04. The van der Waals surface area contributed by atoms with Crippen molar-refractivity contribution in [3.63, 3.8) is 0 Å². The summed E-state index contributed by atoms with van der Waals surface area (Å²) in [5.41, 5.74) is 1.12. The van der Waals surface area contributed by atoms with Crippen LogP contribution in [0, 0.1) is 0 Å². The molecular weight excluding hydrogens is 336 g/mol. The molecule has 0 unspecified atom stereocenters. The van der Waals surface area contributed by atoms with E-state index in [-0.39, 0.29) is 33.9 Å². The van der Waals surface area contributed by atoms with E-state index in [9.17, 15) is 19.5 Å². The molecule has 0 radical (unpaired) electrons. The predicted octanol–water partition coefficient (Wildman–Crippen LogP) is 3.32. The summed E-state index contributed by atoms with van der Waals surface area (Å²) in [6, 6.07) is 8.73. The molecule has 136 valence electrons. The van der Waals surface area contributed by atoms with Crippen molar-refractivity contribution in [1.82, 2.24) is 0 Å². The maximum atomic E-state index is 12.9. The first-order valence-electron chi connectivity index (χ1n) is 7.97. The van der Waals surface area contributed by atoms with Crippen molar-refractivity contribution in [1.29, 1.82) is 0 Å². The minimum Gasteiger partial charge on any atom is -0.507 e. The third-order valence-electron chi connectivity index (χ3n) is 3.97. The van der Waals surface area contributed by atoms with Crippen LogP contribution in [0.1, 0.15) is 62.0 Å². The van der Waals surface area contributed by atoms with Crippen molar-refractivity contribution in [2.24, 2.45) is 0 Å². The molecule has 0 amide bonds. The SMILES string of the molecule is COC(=O)c1cc(C(=O)OC)cc(C(=O)c2cc(C(C)C)ccc2O)c1. The van der Waals surface area contributed by atoms with E-state index >= 15 is 0 Å². The number of hydrogen-bond acceptors (Lipinski definition) is 6. The van der Waals surface area contributed by atoms with E-state index < -0.39 is 17.7 Å². The number of aromatic hydroxyl groups is 1. The second-order valence-corrected chi connectivity index (χ2v) is 6.04. The Bertz CT molecular complexity index is 832. The highest BCUT2D eigenvalue weighted by Crippen LogP contribution is 2.26. The quantitative estimate of drug-likeness (QED) is 0.653. The molecule has 0 aromatic heterocycles. The van der Waals surface area contributed by atoms with Crippen molar-refractivity contribution in [2.75, 3.05) is 14.2 Å². The molecule has 6 nitrogen and oxygen atoms in total. The van der Waals surface area contributed by atoms with E-state index in [2.05, 4.69) is 9.47 Å². The third-order valence-corrected chi connectivity index (χ3v) is 3.97. The van der Waals surface area contributed by atoms with E-state index in [1.54, 1.807) is 12.1 Å².